The molecule has 0 saturated heterocycles. The number of carbonyl (C=O) groups is 1. The van der Waals surface area contributed by atoms with E-state index in [0.29, 0.717) is 25.3 Å². The van der Waals surface area contributed by atoms with Gasteiger partial charge in [-0.1, -0.05) is 53.0 Å². The Labute approximate surface area is 146 Å². The van der Waals surface area contributed by atoms with E-state index in [1.165, 1.54) is 11.3 Å². The number of para-hydroxylation sites is 1. The lowest BCUT2D eigenvalue weighted by atomic mass is 10.2. The third-order valence-corrected chi connectivity index (χ3v) is 5.39. The minimum absolute atomic E-state index is 0.257. The van der Waals surface area contributed by atoms with Crippen LogP contribution in [-0.4, -0.2) is 5.91 Å². The van der Waals surface area contributed by atoms with E-state index in [-0.39, 0.29) is 5.91 Å². The summed E-state index contributed by atoms with van der Waals surface area (Å²) >= 11 is 19.8. The van der Waals surface area contributed by atoms with Gasteiger partial charge in [-0.2, -0.15) is 0 Å². The fraction of sp³-hybridized carbons (Fsp3) is 0.0625. The molecule has 1 heterocycles. The van der Waals surface area contributed by atoms with Gasteiger partial charge in [-0.05, 0) is 30.7 Å². The zero-order valence-corrected chi connectivity index (χ0v) is 14.5. The van der Waals surface area contributed by atoms with Gasteiger partial charge in [0.05, 0.1) is 10.0 Å². The summed E-state index contributed by atoms with van der Waals surface area (Å²) < 4.78 is 0.789. The molecule has 3 aromatic rings. The molecule has 6 heteroatoms. The molecule has 0 radical (unpaired) electrons. The summed E-state index contributed by atoms with van der Waals surface area (Å²) in [5, 5.41) is 4.85. The van der Waals surface area contributed by atoms with Crippen molar-refractivity contribution in [2.45, 2.75) is 6.92 Å². The Bertz CT molecular complexity index is 888. The van der Waals surface area contributed by atoms with Crippen LogP contribution in [0.4, 0.5) is 5.69 Å². The number of anilines is 1. The first kappa shape index (κ1) is 15.6. The number of halogens is 3. The predicted molar refractivity (Wildman–Crippen MR) is 96.0 cm³/mol. The second-order valence-electron chi connectivity index (χ2n) is 4.77. The third-order valence-electron chi connectivity index (χ3n) is 3.25. The molecular formula is C16H10Cl3NOS. The highest BCUT2D eigenvalue weighted by atomic mass is 35.5. The van der Waals surface area contributed by atoms with E-state index in [0.717, 1.165) is 16.0 Å². The quantitative estimate of drug-likeness (QED) is 0.554. The maximum atomic E-state index is 12.5. The molecule has 0 atom stereocenters. The number of hydrogen-bond donors (Lipinski definition) is 1. The van der Waals surface area contributed by atoms with Crippen LogP contribution in [0, 0.1) is 6.92 Å². The highest BCUT2D eigenvalue weighted by Gasteiger charge is 2.20. The topological polar surface area (TPSA) is 29.1 Å². The Hall–Kier alpha value is -1.26. The number of carbonyl (C=O) groups excluding carboxylic acids is 1. The zero-order valence-electron chi connectivity index (χ0n) is 11.4. The van der Waals surface area contributed by atoms with Crippen molar-refractivity contribution in [3.8, 4) is 0 Å². The number of aryl methyl sites for hydroxylation is 1. The summed E-state index contributed by atoms with van der Waals surface area (Å²) in [6.45, 7) is 1.93. The van der Waals surface area contributed by atoms with Gasteiger partial charge in [0.15, 0.2) is 0 Å². The molecule has 22 heavy (non-hydrogen) atoms. The summed E-state index contributed by atoms with van der Waals surface area (Å²) in [5.41, 5.74) is 1.74. The van der Waals surface area contributed by atoms with Gasteiger partial charge in [0.1, 0.15) is 4.88 Å². The highest BCUT2D eigenvalue weighted by molar-refractivity contribution is 7.21. The van der Waals surface area contributed by atoms with E-state index in [1.807, 2.05) is 31.2 Å². The van der Waals surface area contributed by atoms with E-state index in [1.54, 1.807) is 12.1 Å². The SMILES string of the molecule is Cc1ccccc1NC(=O)c1sc2cc(Cl)cc(Cl)c2c1Cl. The van der Waals surface area contributed by atoms with Crippen molar-refractivity contribution in [2.24, 2.45) is 0 Å². The number of nitrogens with one attached hydrogen (secondary N) is 1. The molecule has 2 aromatic carbocycles. The lowest BCUT2D eigenvalue weighted by molar-refractivity contribution is 0.103. The first-order valence-electron chi connectivity index (χ1n) is 6.41. The van der Waals surface area contributed by atoms with E-state index >= 15 is 0 Å². The lowest BCUT2D eigenvalue weighted by Crippen LogP contribution is -2.11. The summed E-state index contributed by atoms with van der Waals surface area (Å²) in [6.07, 6.45) is 0. The molecular weight excluding hydrogens is 361 g/mol. The first-order chi connectivity index (χ1) is 10.5. The molecule has 0 bridgehead atoms. The summed E-state index contributed by atoms with van der Waals surface area (Å²) in [6, 6.07) is 10.9. The third kappa shape index (κ3) is 2.82. The fourth-order valence-electron chi connectivity index (χ4n) is 2.15. The molecule has 3 rings (SSSR count). The number of fused-ring (bicyclic) bond motifs is 1. The van der Waals surface area contributed by atoms with Crippen molar-refractivity contribution in [3.63, 3.8) is 0 Å². The predicted octanol–water partition coefficient (Wildman–Crippen LogP) is 6.42. The van der Waals surface area contributed by atoms with Crippen molar-refractivity contribution >= 4 is 67.8 Å². The normalized spacial score (nSPS) is 10.9. The first-order valence-corrected chi connectivity index (χ1v) is 8.36. The minimum Gasteiger partial charge on any atom is -0.321 e. The Morgan fingerprint density at radius 2 is 1.86 bits per heavy atom. The van der Waals surface area contributed by atoms with Crippen molar-refractivity contribution in [1.82, 2.24) is 0 Å². The molecule has 112 valence electrons. The largest absolute Gasteiger partial charge is 0.321 e. The molecule has 1 aromatic heterocycles. The van der Waals surface area contributed by atoms with Crippen molar-refractivity contribution in [2.75, 3.05) is 5.32 Å². The smallest absolute Gasteiger partial charge is 0.267 e. The molecule has 1 N–H and O–H groups in total. The van der Waals surface area contributed by atoms with Crippen LogP contribution in [0.15, 0.2) is 36.4 Å². The maximum absolute atomic E-state index is 12.5. The molecule has 0 unspecified atom stereocenters. The monoisotopic (exact) mass is 369 g/mol. The van der Waals surface area contributed by atoms with Crippen LogP contribution >= 0.6 is 46.1 Å². The number of hydrogen-bond acceptors (Lipinski definition) is 2. The van der Waals surface area contributed by atoms with Gasteiger partial charge in [-0.3, -0.25) is 4.79 Å². The molecule has 0 aliphatic carbocycles. The average Bonchev–Trinajstić information content (AvgIpc) is 2.78. The highest BCUT2D eigenvalue weighted by Crippen LogP contribution is 2.41. The van der Waals surface area contributed by atoms with Crippen LogP contribution in [-0.2, 0) is 0 Å². The number of benzene rings is 2. The number of rotatable bonds is 2. The second kappa shape index (κ2) is 6.09. The van der Waals surface area contributed by atoms with Gasteiger partial charge in [0, 0.05) is 20.8 Å². The molecule has 1 amide bonds. The van der Waals surface area contributed by atoms with E-state index in [2.05, 4.69) is 5.32 Å². The molecule has 0 aliphatic rings. The van der Waals surface area contributed by atoms with Gasteiger partial charge >= 0.3 is 0 Å². The zero-order chi connectivity index (χ0) is 15.9. The molecule has 0 saturated carbocycles. The fourth-order valence-corrected chi connectivity index (χ4v) is 4.42. The lowest BCUT2D eigenvalue weighted by Gasteiger charge is -2.06. The van der Waals surface area contributed by atoms with Crippen LogP contribution in [0.25, 0.3) is 10.1 Å². The molecule has 2 nitrogen and oxygen atoms in total. The number of amides is 1. The maximum Gasteiger partial charge on any atom is 0.267 e. The van der Waals surface area contributed by atoms with Gasteiger partial charge in [0.2, 0.25) is 0 Å². The Balaban J connectivity index is 2.03. The van der Waals surface area contributed by atoms with Crippen molar-refractivity contribution in [3.05, 3.63) is 61.9 Å². The average molecular weight is 371 g/mol. The summed E-state index contributed by atoms with van der Waals surface area (Å²) in [7, 11) is 0. The number of thiophene rings is 1. The van der Waals surface area contributed by atoms with E-state index < -0.39 is 0 Å². The molecule has 0 aliphatic heterocycles. The Kier molecular flexibility index (Phi) is 4.33. The van der Waals surface area contributed by atoms with Gasteiger partial charge in [-0.15, -0.1) is 11.3 Å². The Morgan fingerprint density at radius 3 is 2.59 bits per heavy atom. The minimum atomic E-state index is -0.257. The summed E-state index contributed by atoms with van der Waals surface area (Å²) in [5.74, 6) is -0.257. The van der Waals surface area contributed by atoms with Gasteiger partial charge in [-0.25, -0.2) is 0 Å². The van der Waals surface area contributed by atoms with Crippen LogP contribution in [0.2, 0.25) is 15.1 Å². The molecule has 0 fully saturated rings. The van der Waals surface area contributed by atoms with Crippen LogP contribution < -0.4 is 5.32 Å². The van der Waals surface area contributed by atoms with Crippen molar-refractivity contribution < 1.29 is 4.79 Å². The van der Waals surface area contributed by atoms with Gasteiger partial charge < -0.3 is 5.32 Å². The molecule has 0 spiro atoms. The van der Waals surface area contributed by atoms with Crippen LogP contribution in [0.3, 0.4) is 0 Å². The van der Waals surface area contributed by atoms with Gasteiger partial charge in [0.25, 0.3) is 5.91 Å². The standard InChI is InChI=1S/C16H10Cl3NOS/c1-8-4-2-3-5-11(8)20-16(21)15-14(19)13-10(18)6-9(17)7-12(13)22-15/h2-7H,1H3,(H,20,21). The Morgan fingerprint density at radius 1 is 1.14 bits per heavy atom. The van der Waals surface area contributed by atoms with E-state index in [4.69, 9.17) is 34.8 Å². The van der Waals surface area contributed by atoms with Crippen LogP contribution in [0.5, 0.6) is 0 Å². The second-order valence-corrected chi connectivity index (χ2v) is 7.05. The van der Waals surface area contributed by atoms with Crippen molar-refractivity contribution in [1.29, 1.82) is 0 Å². The van der Waals surface area contributed by atoms with E-state index in [9.17, 15) is 4.79 Å². The summed E-state index contributed by atoms with van der Waals surface area (Å²) in [4.78, 5) is 12.9. The van der Waals surface area contributed by atoms with Crippen LogP contribution in [0.1, 0.15) is 15.2 Å².